The molecule has 0 saturated carbocycles. The van der Waals surface area contributed by atoms with E-state index in [0.717, 1.165) is 5.02 Å². The molecule has 0 N–H and O–H groups in total. The molecule has 4 aromatic rings. The number of hydrogen-bond donors (Lipinski definition) is 0. The monoisotopic (exact) mass is 408 g/mol. The van der Waals surface area contributed by atoms with Gasteiger partial charge < -0.3 is 0 Å². The van der Waals surface area contributed by atoms with Gasteiger partial charge in [-0.1, -0.05) is 81.8 Å². The maximum atomic E-state index is 6.73. The minimum absolute atomic E-state index is 0.0359. The van der Waals surface area contributed by atoms with E-state index in [-0.39, 0.29) is 10.8 Å². The van der Waals surface area contributed by atoms with Crippen molar-refractivity contribution in [3.05, 3.63) is 93.5 Å². The van der Waals surface area contributed by atoms with E-state index >= 15 is 0 Å². The number of hydrogen-bond acceptors (Lipinski definition) is 0. The summed E-state index contributed by atoms with van der Waals surface area (Å²) in [5.41, 5.74) is 12.1. The van der Waals surface area contributed by atoms with E-state index in [0.29, 0.717) is 0 Å². The van der Waals surface area contributed by atoms with E-state index in [1.807, 2.05) is 6.07 Å². The van der Waals surface area contributed by atoms with Crippen LogP contribution in [-0.4, -0.2) is 0 Å². The maximum Gasteiger partial charge on any atom is 0.0487 e. The summed E-state index contributed by atoms with van der Waals surface area (Å²) in [7, 11) is 0. The number of fused-ring (bicyclic) bond motifs is 8. The van der Waals surface area contributed by atoms with Crippen LogP contribution in [0.3, 0.4) is 0 Å². The molecule has 0 fully saturated rings. The highest BCUT2D eigenvalue weighted by molar-refractivity contribution is 6.34. The average Bonchev–Trinajstić information content (AvgIpc) is 3.08. The second-order valence-corrected chi connectivity index (χ2v) is 10.4. The van der Waals surface area contributed by atoms with Gasteiger partial charge in [0.2, 0.25) is 0 Å². The summed E-state index contributed by atoms with van der Waals surface area (Å²) in [6.07, 6.45) is 0. The Labute approximate surface area is 183 Å². The molecule has 0 atom stereocenters. The molecule has 30 heavy (non-hydrogen) atoms. The highest BCUT2D eigenvalue weighted by atomic mass is 35.5. The lowest BCUT2D eigenvalue weighted by Gasteiger charge is -2.24. The molecule has 0 amide bonds. The van der Waals surface area contributed by atoms with Gasteiger partial charge >= 0.3 is 0 Å². The Morgan fingerprint density at radius 2 is 1.20 bits per heavy atom. The quantitative estimate of drug-likeness (QED) is 0.274. The molecule has 0 spiro atoms. The fourth-order valence-corrected chi connectivity index (χ4v) is 6.26. The van der Waals surface area contributed by atoms with E-state index in [9.17, 15) is 0 Å². The predicted octanol–water partition coefficient (Wildman–Crippen LogP) is 8.41. The van der Waals surface area contributed by atoms with Crippen molar-refractivity contribution in [2.45, 2.75) is 45.4 Å². The third-order valence-electron chi connectivity index (χ3n) is 7.68. The fraction of sp³-hybridized carbons (Fsp3) is 0.241. The minimum Gasteiger partial charge on any atom is -0.0837 e. The second kappa shape index (κ2) is 5.56. The van der Waals surface area contributed by atoms with Crippen LogP contribution < -0.4 is 0 Å². The molecule has 0 nitrogen and oxygen atoms in total. The minimum atomic E-state index is -0.0575. The van der Waals surface area contributed by atoms with Crippen molar-refractivity contribution < 1.29 is 0 Å². The molecule has 6 rings (SSSR count). The molecule has 0 radical (unpaired) electrons. The first kappa shape index (κ1) is 18.2. The molecule has 0 bridgehead atoms. The van der Waals surface area contributed by atoms with Crippen LogP contribution in [0.15, 0.2) is 60.7 Å². The SMILES string of the molecule is Cc1cccc2c3c(ccc12)C(C)(C)c1cc2c(cc1-3)C(C)(C)c1cccc(Cl)c1-2. The topological polar surface area (TPSA) is 0 Å². The third kappa shape index (κ3) is 2.03. The van der Waals surface area contributed by atoms with Crippen LogP contribution in [0.2, 0.25) is 5.02 Å². The standard InChI is InChI=1S/C29H25Cl/c1-16-8-6-9-18-17(16)12-13-22-26(18)19-14-24-20(15-23(19)29(22,4)5)27-21(28(24,2)3)10-7-11-25(27)30/h6-15H,1-5H3. The van der Waals surface area contributed by atoms with E-state index in [4.69, 9.17) is 11.6 Å². The van der Waals surface area contributed by atoms with Crippen LogP contribution in [-0.2, 0) is 10.8 Å². The third-order valence-corrected chi connectivity index (χ3v) is 8.00. The first-order valence-corrected chi connectivity index (χ1v) is 11.1. The van der Waals surface area contributed by atoms with Crippen molar-refractivity contribution >= 4 is 22.4 Å². The van der Waals surface area contributed by atoms with Crippen LogP contribution in [0.25, 0.3) is 33.0 Å². The molecule has 2 aliphatic carbocycles. The van der Waals surface area contributed by atoms with Gasteiger partial charge in [0.05, 0.1) is 0 Å². The summed E-state index contributed by atoms with van der Waals surface area (Å²) in [5.74, 6) is 0. The van der Waals surface area contributed by atoms with Crippen molar-refractivity contribution in [3.8, 4) is 22.3 Å². The van der Waals surface area contributed by atoms with Gasteiger partial charge in [-0.05, 0) is 80.4 Å². The van der Waals surface area contributed by atoms with Gasteiger partial charge in [0.25, 0.3) is 0 Å². The van der Waals surface area contributed by atoms with Crippen molar-refractivity contribution in [1.29, 1.82) is 0 Å². The molecule has 0 saturated heterocycles. The van der Waals surface area contributed by atoms with Crippen molar-refractivity contribution in [1.82, 2.24) is 0 Å². The zero-order valence-corrected chi connectivity index (χ0v) is 18.9. The Morgan fingerprint density at radius 3 is 1.90 bits per heavy atom. The number of benzene rings is 4. The van der Waals surface area contributed by atoms with Gasteiger partial charge in [-0.25, -0.2) is 0 Å². The van der Waals surface area contributed by atoms with Gasteiger partial charge in [0, 0.05) is 21.4 Å². The summed E-state index contributed by atoms with van der Waals surface area (Å²) < 4.78 is 0. The first-order chi connectivity index (χ1) is 14.2. The lowest BCUT2D eigenvalue weighted by Crippen LogP contribution is -2.16. The summed E-state index contributed by atoms with van der Waals surface area (Å²) in [6.45, 7) is 11.6. The van der Waals surface area contributed by atoms with Crippen LogP contribution >= 0.6 is 11.6 Å². The first-order valence-electron chi connectivity index (χ1n) is 10.7. The zero-order valence-electron chi connectivity index (χ0n) is 18.2. The zero-order chi connectivity index (χ0) is 21.0. The van der Waals surface area contributed by atoms with Crippen LogP contribution in [0.4, 0.5) is 0 Å². The fourth-order valence-electron chi connectivity index (χ4n) is 5.98. The summed E-state index contributed by atoms with van der Waals surface area (Å²) in [5, 5.41) is 3.57. The second-order valence-electron chi connectivity index (χ2n) is 10.0. The highest BCUT2D eigenvalue weighted by Gasteiger charge is 2.42. The number of rotatable bonds is 0. The van der Waals surface area contributed by atoms with Gasteiger partial charge in [0.1, 0.15) is 0 Å². The Kier molecular flexibility index (Phi) is 3.38. The molecule has 0 heterocycles. The van der Waals surface area contributed by atoms with Gasteiger partial charge in [-0.2, -0.15) is 0 Å². The molecule has 0 unspecified atom stereocenters. The van der Waals surface area contributed by atoms with E-state index in [1.54, 1.807) is 0 Å². The van der Waals surface area contributed by atoms with Gasteiger partial charge in [0.15, 0.2) is 0 Å². The molecular weight excluding hydrogens is 384 g/mol. The summed E-state index contributed by atoms with van der Waals surface area (Å²) in [6, 6.07) is 22.6. The highest BCUT2D eigenvalue weighted by Crippen LogP contribution is 2.58. The molecule has 1 heteroatoms. The normalized spacial score (nSPS) is 16.9. The van der Waals surface area contributed by atoms with Crippen LogP contribution in [0.5, 0.6) is 0 Å². The van der Waals surface area contributed by atoms with Crippen molar-refractivity contribution in [3.63, 3.8) is 0 Å². The Hall–Kier alpha value is -2.57. The van der Waals surface area contributed by atoms with E-state index in [2.05, 4.69) is 89.2 Å². The lowest BCUT2D eigenvalue weighted by atomic mass is 9.79. The average molecular weight is 409 g/mol. The maximum absolute atomic E-state index is 6.73. The summed E-state index contributed by atoms with van der Waals surface area (Å²) in [4.78, 5) is 0. The smallest absolute Gasteiger partial charge is 0.0487 e. The Bertz CT molecular complexity index is 1400. The van der Waals surface area contributed by atoms with Gasteiger partial charge in [-0.15, -0.1) is 0 Å². The van der Waals surface area contributed by atoms with Crippen molar-refractivity contribution in [2.24, 2.45) is 0 Å². The molecule has 2 aliphatic rings. The lowest BCUT2D eigenvalue weighted by molar-refractivity contribution is 0.652. The largest absolute Gasteiger partial charge is 0.0837 e. The number of aryl methyl sites for hydroxylation is 1. The molecule has 148 valence electrons. The molecule has 0 aliphatic heterocycles. The van der Waals surface area contributed by atoms with E-state index < -0.39 is 0 Å². The van der Waals surface area contributed by atoms with E-state index in [1.165, 1.54) is 60.8 Å². The predicted molar refractivity (Wildman–Crippen MR) is 129 cm³/mol. The molecule has 4 aromatic carbocycles. The molecule has 0 aromatic heterocycles. The Morgan fingerprint density at radius 1 is 0.600 bits per heavy atom. The Balaban J connectivity index is 1.75. The van der Waals surface area contributed by atoms with Crippen LogP contribution in [0.1, 0.15) is 55.5 Å². The van der Waals surface area contributed by atoms with Gasteiger partial charge in [-0.3, -0.25) is 0 Å². The van der Waals surface area contributed by atoms with Crippen LogP contribution in [0, 0.1) is 6.92 Å². The van der Waals surface area contributed by atoms with Crippen molar-refractivity contribution in [2.75, 3.05) is 0 Å². The summed E-state index contributed by atoms with van der Waals surface area (Å²) >= 11 is 6.73. The number of halogens is 1. The molecular formula is C29H25Cl.